The van der Waals surface area contributed by atoms with Crippen molar-refractivity contribution < 1.29 is 23.8 Å². The summed E-state index contributed by atoms with van der Waals surface area (Å²) in [6, 6.07) is 1.00. The molecule has 0 aliphatic carbocycles. The first-order chi connectivity index (χ1) is 7.88. The van der Waals surface area contributed by atoms with E-state index < -0.39 is 23.4 Å². The number of carbonyl (C=O) groups is 2. The Morgan fingerprint density at radius 2 is 2.12 bits per heavy atom. The highest BCUT2D eigenvalue weighted by atomic mass is 79.9. The molecule has 0 unspecified atom stereocenters. The van der Waals surface area contributed by atoms with E-state index in [1.165, 1.54) is 6.92 Å². The number of amides is 1. The highest BCUT2D eigenvalue weighted by molar-refractivity contribution is 9.10. The maximum Gasteiger partial charge on any atom is 0.340 e. The van der Waals surface area contributed by atoms with Gasteiger partial charge in [0.15, 0.2) is 5.82 Å². The zero-order valence-corrected chi connectivity index (χ0v) is 10.6. The molecule has 1 aromatic carbocycles. The summed E-state index contributed by atoms with van der Waals surface area (Å²) in [5.41, 5.74) is -0.602. The molecule has 0 heterocycles. The predicted molar refractivity (Wildman–Crippen MR) is 61.4 cm³/mol. The van der Waals surface area contributed by atoms with E-state index in [1.54, 1.807) is 0 Å². The fraction of sp³-hybridized carbons (Fsp3) is 0.200. The van der Waals surface area contributed by atoms with Gasteiger partial charge in [0.25, 0.3) is 0 Å². The number of phenolic OH excluding ortho intramolecular Hbond substituents is 1. The number of rotatable bonds is 2. The first kappa shape index (κ1) is 13.4. The van der Waals surface area contributed by atoms with E-state index >= 15 is 0 Å². The minimum atomic E-state index is -0.944. The molecule has 0 saturated carbocycles. The lowest BCUT2D eigenvalue weighted by Gasteiger charge is -2.11. The number of methoxy groups -OCH3 is 1. The lowest BCUT2D eigenvalue weighted by atomic mass is 10.1. The summed E-state index contributed by atoms with van der Waals surface area (Å²) in [6.45, 7) is 1.17. The van der Waals surface area contributed by atoms with E-state index in [4.69, 9.17) is 0 Å². The Bertz CT molecular complexity index is 490. The normalized spacial score (nSPS) is 9.88. The van der Waals surface area contributed by atoms with Gasteiger partial charge < -0.3 is 15.2 Å². The fourth-order valence-electron chi connectivity index (χ4n) is 1.18. The van der Waals surface area contributed by atoms with Crippen LogP contribution in [0.2, 0.25) is 0 Å². The average Bonchev–Trinajstić information content (AvgIpc) is 2.28. The van der Waals surface area contributed by atoms with Crippen LogP contribution in [0.4, 0.5) is 10.1 Å². The lowest BCUT2D eigenvalue weighted by Crippen LogP contribution is -2.14. The molecule has 0 aliphatic rings. The van der Waals surface area contributed by atoms with Crippen molar-refractivity contribution >= 4 is 33.5 Å². The van der Waals surface area contributed by atoms with E-state index in [9.17, 15) is 19.1 Å². The van der Waals surface area contributed by atoms with Gasteiger partial charge in [-0.3, -0.25) is 4.79 Å². The molecule has 0 fully saturated rings. The summed E-state index contributed by atoms with van der Waals surface area (Å²) in [4.78, 5) is 22.3. The average molecular weight is 306 g/mol. The number of aromatic hydroxyl groups is 1. The molecular formula is C10H9BrFNO4. The fourth-order valence-corrected chi connectivity index (χ4v) is 1.49. The van der Waals surface area contributed by atoms with Crippen LogP contribution >= 0.6 is 15.9 Å². The van der Waals surface area contributed by atoms with E-state index in [2.05, 4.69) is 26.0 Å². The number of carbonyl (C=O) groups excluding carboxylic acids is 2. The Labute approximate surface area is 105 Å². The second kappa shape index (κ2) is 5.13. The van der Waals surface area contributed by atoms with Gasteiger partial charge in [-0.15, -0.1) is 0 Å². The van der Waals surface area contributed by atoms with Crippen LogP contribution in [-0.2, 0) is 9.53 Å². The van der Waals surface area contributed by atoms with Crippen molar-refractivity contribution in [3.63, 3.8) is 0 Å². The van der Waals surface area contributed by atoms with Crippen molar-refractivity contribution in [2.24, 2.45) is 0 Å². The largest absolute Gasteiger partial charge is 0.507 e. The zero-order valence-electron chi connectivity index (χ0n) is 9.01. The molecule has 2 N–H and O–H groups in total. The van der Waals surface area contributed by atoms with Gasteiger partial charge >= 0.3 is 5.97 Å². The number of nitrogens with one attached hydrogen (secondary N) is 1. The molecule has 7 heteroatoms. The Morgan fingerprint density at radius 1 is 1.53 bits per heavy atom. The van der Waals surface area contributed by atoms with Crippen LogP contribution in [0.1, 0.15) is 17.3 Å². The van der Waals surface area contributed by atoms with Crippen LogP contribution in [0.3, 0.4) is 0 Å². The molecule has 1 aromatic rings. The van der Waals surface area contributed by atoms with Crippen LogP contribution in [-0.4, -0.2) is 24.1 Å². The maximum atomic E-state index is 13.8. The van der Waals surface area contributed by atoms with Crippen LogP contribution in [0.5, 0.6) is 5.75 Å². The molecule has 0 atom stereocenters. The van der Waals surface area contributed by atoms with Gasteiger partial charge in [-0.25, -0.2) is 9.18 Å². The van der Waals surface area contributed by atoms with Crippen molar-refractivity contribution in [2.75, 3.05) is 12.4 Å². The van der Waals surface area contributed by atoms with Gasteiger partial charge in [-0.05, 0) is 22.0 Å². The minimum Gasteiger partial charge on any atom is -0.507 e. The van der Waals surface area contributed by atoms with Gasteiger partial charge in [-0.2, -0.15) is 0 Å². The van der Waals surface area contributed by atoms with Crippen LogP contribution in [0, 0.1) is 5.82 Å². The van der Waals surface area contributed by atoms with Gasteiger partial charge in [0.1, 0.15) is 5.75 Å². The standard InChI is InChI=1S/C10H9BrFNO4/c1-4(14)13-9-5(10(16)17-2)3-6(15)7(11)8(9)12/h3,15H,1-2H3,(H,13,14). The van der Waals surface area contributed by atoms with E-state index in [1.807, 2.05) is 0 Å². The summed E-state index contributed by atoms with van der Waals surface area (Å²) in [5, 5.41) is 11.5. The van der Waals surface area contributed by atoms with Gasteiger partial charge in [0, 0.05) is 6.92 Å². The van der Waals surface area contributed by atoms with Gasteiger partial charge in [-0.1, -0.05) is 0 Å². The number of ether oxygens (including phenoxy) is 1. The Balaban J connectivity index is 3.45. The molecule has 0 spiro atoms. The smallest absolute Gasteiger partial charge is 0.340 e. The summed E-state index contributed by atoms with van der Waals surface area (Å²) in [7, 11) is 1.11. The number of hydrogen-bond acceptors (Lipinski definition) is 4. The molecule has 92 valence electrons. The third-order valence-corrected chi connectivity index (χ3v) is 2.65. The van der Waals surface area contributed by atoms with Gasteiger partial charge in [0.2, 0.25) is 5.91 Å². The quantitative estimate of drug-likeness (QED) is 0.647. The van der Waals surface area contributed by atoms with E-state index in [-0.39, 0.29) is 15.7 Å². The van der Waals surface area contributed by atoms with Crippen molar-refractivity contribution in [3.8, 4) is 5.75 Å². The van der Waals surface area contributed by atoms with E-state index in [0.29, 0.717) is 0 Å². The Morgan fingerprint density at radius 3 is 2.59 bits per heavy atom. The lowest BCUT2D eigenvalue weighted by molar-refractivity contribution is -0.114. The topological polar surface area (TPSA) is 75.6 Å². The monoisotopic (exact) mass is 305 g/mol. The third kappa shape index (κ3) is 2.73. The van der Waals surface area contributed by atoms with Crippen LogP contribution < -0.4 is 5.32 Å². The predicted octanol–water partition coefficient (Wildman–Crippen LogP) is 2.04. The Kier molecular flexibility index (Phi) is 4.06. The summed E-state index contributed by atoms with van der Waals surface area (Å²) < 4.78 is 17.9. The molecule has 17 heavy (non-hydrogen) atoms. The zero-order chi connectivity index (χ0) is 13.2. The number of benzene rings is 1. The highest BCUT2D eigenvalue weighted by Gasteiger charge is 2.22. The number of esters is 1. The number of halogens is 2. The highest BCUT2D eigenvalue weighted by Crippen LogP contribution is 2.35. The number of anilines is 1. The molecule has 0 saturated heterocycles. The number of phenols is 1. The summed E-state index contributed by atoms with van der Waals surface area (Å²) in [5.74, 6) is -2.82. The first-order valence-corrected chi connectivity index (χ1v) is 5.24. The third-order valence-electron chi connectivity index (χ3n) is 1.89. The molecule has 0 aliphatic heterocycles. The molecule has 1 amide bonds. The summed E-state index contributed by atoms with van der Waals surface area (Å²) >= 11 is 2.80. The van der Waals surface area contributed by atoms with Crippen molar-refractivity contribution in [1.82, 2.24) is 0 Å². The maximum absolute atomic E-state index is 13.8. The summed E-state index contributed by atoms with van der Waals surface area (Å²) in [6.07, 6.45) is 0. The molecule has 5 nitrogen and oxygen atoms in total. The second-order valence-corrected chi connectivity index (χ2v) is 3.91. The molecule has 0 bridgehead atoms. The van der Waals surface area contributed by atoms with Crippen LogP contribution in [0.15, 0.2) is 10.5 Å². The van der Waals surface area contributed by atoms with Crippen molar-refractivity contribution in [3.05, 3.63) is 21.9 Å². The van der Waals surface area contributed by atoms with Crippen molar-refractivity contribution in [1.29, 1.82) is 0 Å². The first-order valence-electron chi connectivity index (χ1n) is 4.45. The Hall–Kier alpha value is -1.63. The molecule has 0 radical (unpaired) electrons. The minimum absolute atomic E-state index is 0.242. The molecule has 1 rings (SSSR count). The molecular weight excluding hydrogens is 297 g/mol. The van der Waals surface area contributed by atoms with Crippen molar-refractivity contribution in [2.45, 2.75) is 6.92 Å². The second-order valence-electron chi connectivity index (χ2n) is 3.12. The van der Waals surface area contributed by atoms with Gasteiger partial charge in [0.05, 0.1) is 22.8 Å². The van der Waals surface area contributed by atoms with Crippen LogP contribution in [0.25, 0.3) is 0 Å². The molecule has 0 aromatic heterocycles. The SMILES string of the molecule is COC(=O)c1cc(O)c(Br)c(F)c1NC(C)=O. The number of hydrogen-bond donors (Lipinski definition) is 2. The van der Waals surface area contributed by atoms with E-state index in [0.717, 1.165) is 13.2 Å².